The quantitative estimate of drug-likeness (QED) is 0.149. The van der Waals surface area contributed by atoms with E-state index in [1.54, 1.807) is 24.3 Å². The van der Waals surface area contributed by atoms with Crippen LogP contribution < -0.4 is 4.74 Å². The number of thiophene rings is 1. The number of carbonyl (C=O) groups excluding carboxylic acids is 1. The first-order valence-corrected chi connectivity index (χ1v) is 10.5. The van der Waals surface area contributed by atoms with Crippen LogP contribution in [-0.2, 0) is 6.61 Å². The highest BCUT2D eigenvalue weighted by Gasteiger charge is 2.21. The summed E-state index contributed by atoms with van der Waals surface area (Å²) in [5.41, 5.74) is 0. The summed E-state index contributed by atoms with van der Waals surface area (Å²) in [4.78, 5) is 13.9. The van der Waals surface area contributed by atoms with Crippen molar-refractivity contribution in [3.8, 4) is 5.75 Å². The third-order valence-corrected chi connectivity index (χ3v) is 6.85. The average Bonchev–Trinajstić information content (AvgIpc) is 3.32. The third kappa shape index (κ3) is 4.70. The number of hydrogen-bond acceptors (Lipinski definition) is 4. The van der Waals surface area contributed by atoms with Crippen LogP contribution in [0.2, 0.25) is 25.1 Å². The lowest BCUT2D eigenvalue weighted by molar-refractivity contribution is 0.105. The first kappa shape index (κ1) is 21.6. The van der Waals surface area contributed by atoms with Crippen molar-refractivity contribution in [2.45, 2.75) is 13.5 Å². The van der Waals surface area contributed by atoms with Gasteiger partial charge in [-0.2, -0.15) is 0 Å². The molecule has 2 aromatic heterocycles. The molecule has 0 saturated heterocycles. The Morgan fingerprint density at radius 2 is 1.64 bits per heavy atom. The van der Waals surface area contributed by atoms with E-state index in [9.17, 15) is 4.79 Å². The summed E-state index contributed by atoms with van der Waals surface area (Å²) in [6.45, 7) is 1.98. The number of ketones is 1. The predicted molar refractivity (Wildman–Crippen MR) is 117 cm³/mol. The lowest BCUT2D eigenvalue weighted by Gasteiger charge is -2.12. The van der Waals surface area contributed by atoms with Gasteiger partial charge in [0.25, 0.3) is 0 Å². The van der Waals surface area contributed by atoms with Gasteiger partial charge in [-0.1, -0.05) is 58.0 Å². The molecular formula is C19H11Cl5O3S. The second-order valence-electron chi connectivity index (χ2n) is 5.60. The van der Waals surface area contributed by atoms with E-state index in [1.165, 1.54) is 17.4 Å². The van der Waals surface area contributed by atoms with Crippen molar-refractivity contribution in [1.82, 2.24) is 0 Å². The summed E-state index contributed by atoms with van der Waals surface area (Å²) >= 11 is 31.7. The van der Waals surface area contributed by atoms with E-state index in [4.69, 9.17) is 67.2 Å². The minimum Gasteiger partial charge on any atom is -0.482 e. The summed E-state index contributed by atoms with van der Waals surface area (Å²) in [6.07, 6.45) is 3.05. The second-order valence-corrected chi connectivity index (χ2v) is 8.78. The molecule has 28 heavy (non-hydrogen) atoms. The number of benzene rings is 1. The number of ether oxygens (including phenoxy) is 1. The molecule has 0 saturated carbocycles. The Hall–Kier alpha value is -1.14. The maximum Gasteiger partial charge on any atom is 0.195 e. The molecule has 3 rings (SSSR count). The highest BCUT2D eigenvalue weighted by Crippen LogP contribution is 2.48. The summed E-state index contributed by atoms with van der Waals surface area (Å²) in [6, 6.07) is 7.12. The number of hydrogen-bond donors (Lipinski definition) is 0. The van der Waals surface area contributed by atoms with Crippen LogP contribution in [0.1, 0.15) is 26.1 Å². The molecule has 0 atom stereocenters. The van der Waals surface area contributed by atoms with Crippen LogP contribution in [0.15, 0.2) is 34.8 Å². The monoisotopic (exact) mass is 494 g/mol. The average molecular weight is 497 g/mol. The van der Waals surface area contributed by atoms with Crippen LogP contribution in [0, 0.1) is 6.92 Å². The smallest absolute Gasteiger partial charge is 0.195 e. The maximum atomic E-state index is 12.1. The number of halogens is 5. The molecule has 0 aliphatic rings. The molecule has 0 amide bonds. The molecule has 0 unspecified atom stereocenters. The Balaban J connectivity index is 1.69. The van der Waals surface area contributed by atoms with Crippen molar-refractivity contribution in [1.29, 1.82) is 0 Å². The fraction of sp³-hybridized carbons (Fsp3) is 0.105. The van der Waals surface area contributed by atoms with Gasteiger partial charge in [0.2, 0.25) is 0 Å². The van der Waals surface area contributed by atoms with Crippen LogP contribution >= 0.6 is 69.3 Å². The van der Waals surface area contributed by atoms with E-state index in [-0.39, 0.29) is 43.3 Å². The van der Waals surface area contributed by atoms with Gasteiger partial charge in [-0.3, -0.25) is 4.79 Å². The topological polar surface area (TPSA) is 39.4 Å². The van der Waals surface area contributed by atoms with Gasteiger partial charge in [0.15, 0.2) is 11.5 Å². The minimum atomic E-state index is -0.0867. The van der Waals surface area contributed by atoms with Crippen LogP contribution in [-0.4, -0.2) is 5.78 Å². The Labute approximate surface area is 190 Å². The number of carbonyl (C=O) groups is 1. The Morgan fingerprint density at radius 3 is 2.25 bits per heavy atom. The van der Waals surface area contributed by atoms with Crippen LogP contribution in [0.25, 0.3) is 6.08 Å². The lowest BCUT2D eigenvalue weighted by Crippen LogP contribution is -1.96. The molecule has 0 spiro atoms. The van der Waals surface area contributed by atoms with Gasteiger partial charge in [-0.15, -0.1) is 11.3 Å². The van der Waals surface area contributed by atoms with Gasteiger partial charge in [0.1, 0.15) is 28.2 Å². The summed E-state index contributed by atoms with van der Waals surface area (Å²) < 4.78 is 11.2. The number of rotatable bonds is 6. The second kappa shape index (κ2) is 9.12. The molecule has 0 aliphatic carbocycles. The number of allylic oxidation sites excluding steroid dienone is 1. The van der Waals surface area contributed by atoms with Gasteiger partial charge < -0.3 is 9.15 Å². The number of aryl methyl sites for hydroxylation is 1. The van der Waals surface area contributed by atoms with Crippen LogP contribution in [0.3, 0.4) is 0 Å². The van der Waals surface area contributed by atoms with Crippen molar-refractivity contribution in [2.24, 2.45) is 0 Å². The molecule has 0 radical (unpaired) electrons. The van der Waals surface area contributed by atoms with E-state index in [0.29, 0.717) is 16.4 Å². The normalized spacial score (nSPS) is 11.4. The molecule has 9 heteroatoms. The van der Waals surface area contributed by atoms with Crippen LogP contribution in [0.4, 0.5) is 0 Å². The Kier molecular flexibility index (Phi) is 7.02. The highest BCUT2D eigenvalue weighted by molar-refractivity contribution is 7.14. The third-order valence-electron chi connectivity index (χ3n) is 3.59. The molecule has 146 valence electrons. The van der Waals surface area contributed by atoms with E-state index < -0.39 is 0 Å². The minimum absolute atomic E-state index is 0.0274. The zero-order valence-corrected chi connectivity index (χ0v) is 18.8. The SMILES string of the molecule is Cc1ccc(C(=O)/C=C/c2ccc(COc3c(Cl)c(Cl)c(Cl)c(Cl)c3Cl)o2)s1. The molecule has 0 N–H and O–H groups in total. The lowest BCUT2D eigenvalue weighted by atomic mass is 10.3. The van der Waals surface area contributed by atoms with E-state index in [0.717, 1.165) is 4.88 Å². The molecule has 0 aliphatic heterocycles. The molecule has 0 bridgehead atoms. The Bertz CT molecular complexity index is 1040. The Morgan fingerprint density at radius 1 is 1.00 bits per heavy atom. The predicted octanol–water partition coefficient (Wildman–Crippen LogP) is 8.39. The molecule has 3 aromatic rings. The van der Waals surface area contributed by atoms with Gasteiger partial charge >= 0.3 is 0 Å². The summed E-state index contributed by atoms with van der Waals surface area (Å²) in [7, 11) is 0. The van der Waals surface area contributed by atoms with Crippen molar-refractivity contribution < 1.29 is 13.9 Å². The fourth-order valence-corrected chi connectivity index (χ4v) is 4.24. The first-order valence-electron chi connectivity index (χ1n) is 7.79. The standard InChI is InChI=1S/C19H11Cl5O3S/c1-9-2-7-13(28-9)12(25)6-5-10-3-4-11(27-10)8-26-19-17(23)15(21)14(20)16(22)18(19)24/h2-7H,8H2,1H3/b6-5+. The van der Waals surface area contributed by atoms with Crippen molar-refractivity contribution in [3.05, 3.63) is 76.7 Å². The largest absolute Gasteiger partial charge is 0.482 e. The van der Waals surface area contributed by atoms with Gasteiger partial charge in [-0.25, -0.2) is 0 Å². The van der Waals surface area contributed by atoms with Crippen molar-refractivity contribution >= 4 is 81.2 Å². The summed E-state index contributed by atoms with van der Waals surface area (Å²) in [5.74, 6) is 1.02. The molecule has 0 fully saturated rings. The molecule has 1 aromatic carbocycles. The molecule has 3 nitrogen and oxygen atoms in total. The van der Waals surface area contributed by atoms with Gasteiger partial charge in [0, 0.05) is 4.88 Å². The van der Waals surface area contributed by atoms with Gasteiger partial charge in [-0.05, 0) is 43.3 Å². The molecular weight excluding hydrogens is 486 g/mol. The first-order chi connectivity index (χ1) is 13.3. The zero-order valence-electron chi connectivity index (χ0n) is 14.2. The van der Waals surface area contributed by atoms with E-state index >= 15 is 0 Å². The zero-order chi connectivity index (χ0) is 20.4. The van der Waals surface area contributed by atoms with Gasteiger partial charge in [0.05, 0.1) is 19.9 Å². The fourth-order valence-electron chi connectivity index (χ4n) is 2.22. The van der Waals surface area contributed by atoms with Crippen LogP contribution in [0.5, 0.6) is 5.75 Å². The molecule has 2 heterocycles. The van der Waals surface area contributed by atoms with E-state index in [1.807, 2.05) is 13.0 Å². The summed E-state index contributed by atoms with van der Waals surface area (Å²) in [5, 5.41) is 0.284. The highest BCUT2D eigenvalue weighted by atomic mass is 35.5. The van der Waals surface area contributed by atoms with Crippen molar-refractivity contribution in [3.63, 3.8) is 0 Å². The van der Waals surface area contributed by atoms with E-state index in [2.05, 4.69) is 0 Å². The van der Waals surface area contributed by atoms with Crippen molar-refractivity contribution in [2.75, 3.05) is 0 Å². The number of furan rings is 1. The maximum absolute atomic E-state index is 12.1.